The van der Waals surface area contributed by atoms with Crippen molar-refractivity contribution in [3.05, 3.63) is 34.3 Å². The first-order valence-electron chi connectivity index (χ1n) is 6.90. The molecule has 2 saturated carbocycles. The van der Waals surface area contributed by atoms with E-state index >= 15 is 0 Å². The smallest absolute Gasteiger partial charge is 0.0692 e. The maximum Gasteiger partial charge on any atom is 0.0692 e. The van der Waals surface area contributed by atoms with Gasteiger partial charge in [0.15, 0.2) is 0 Å². The van der Waals surface area contributed by atoms with Crippen LogP contribution in [0.2, 0.25) is 0 Å². The fourth-order valence-corrected chi connectivity index (χ4v) is 3.39. The summed E-state index contributed by atoms with van der Waals surface area (Å²) in [5.74, 6) is 1.26. The van der Waals surface area contributed by atoms with Gasteiger partial charge in [-0.05, 0) is 49.1 Å². The Hall–Kier alpha value is -0.380. The summed E-state index contributed by atoms with van der Waals surface area (Å²) in [7, 11) is 0. The van der Waals surface area contributed by atoms with Crippen LogP contribution in [0.25, 0.3) is 0 Å². The van der Waals surface area contributed by atoms with Gasteiger partial charge in [0, 0.05) is 17.1 Å². The first-order chi connectivity index (χ1) is 8.74. The lowest BCUT2D eigenvalue weighted by atomic mass is 9.76. The summed E-state index contributed by atoms with van der Waals surface area (Å²) in [4.78, 5) is 0. The van der Waals surface area contributed by atoms with Crippen molar-refractivity contribution in [2.75, 3.05) is 6.54 Å². The lowest BCUT2D eigenvalue weighted by molar-refractivity contribution is 0.135. The highest BCUT2D eigenvalue weighted by Crippen LogP contribution is 2.40. The van der Waals surface area contributed by atoms with Crippen molar-refractivity contribution in [1.29, 1.82) is 0 Å². The van der Waals surface area contributed by atoms with E-state index in [1.165, 1.54) is 35.7 Å². The molecule has 2 aliphatic rings. The molecule has 1 aromatic carbocycles. The Morgan fingerprint density at radius 2 is 2.00 bits per heavy atom. The van der Waals surface area contributed by atoms with Crippen LogP contribution >= 0.6 is 15.9 Å². The molecule has 0 bridgehead atoms. The molecule has 2 N–H and O–H groups in total. The maximum atomic E-state index is 9.81. The second-order valence-electron chi connectivity index (χ2n) is 5.70. The molecule has 1 aromatic rings. The van der Waals surface area contributed by atoms with E-state index in [0.29, 0.717) is 17.9 Å². The lowest BCUT2D eigenvalue weighted by Crippen LogP contribution is -2.43. The Labute approximate surface area is 117 Å². The lowest BCUT2D eigenvalue weighted by Gasteiger charge is -2.37. The van der Waals surface area contributed by atoms with E-state index in [9.17, 15) is 5.11 Å². The summed E-state index contributed by atoms with van der Waals surface area (Å²) in [6, 6.07) is 9.10. The number of aliphatic hydroxyl groups is 1. The topological polar surface area (TPSA) is 32.3 Å². The summed E-state index contributed by atoms with van der Waals surface area (Å²) in [6.45, 7) is 0.776. The van der Waals surface area contributed by atoms with Crippen molar-refractivity contribution in [2.24, 2.45) is 5.92 Å². The van der Waals surface area contributed by atoms with Crippen LogP contribution in [0.4, 0.5) is 0 Å². The van der Waals surface area contributed by atoms with Crippen LogP contribution in [-0.4, -0.2) is 23.8 Å². The molecule has 1 atom stereocenters. The van der Waals surface area contributed by atoms with E-state index in [1.807, 2.05) is 0 Å². The first-order valence-corrected chi connectivity index (χ1v) is 7.69. The molecule has 18 heavy (non-hydrogen) atoms. The number of benzene rings is 1. The summed E-state index contributed by atoms with van der Waals surface area (Å²) < 4.78 is 1.23. The number of halogens is 1. The third-order valence-electron chi connectivity index (χ3n) is 4.26. The average molecular weight is 310 g/mol. The van der Waals surface area contributed by atoms with Crippen LogP contribution in [0.15, 0.2) is 28.7 Å². The van der Waals surface area contributed by atoms with Crippen molar-refractivity contribution >= 4 is 15.9 Å². The van der Waals surface area contributed by atoms with E-state index in [2.05, 4.69) is 45.5 Å². The summed E-state index contributed by atoms with van der Waals surface area (Å²) in [5, 5.41) is 13.3. The molecular formula is C15H20BrNO. The van der Waals surface area contributed by atoms with E-state index in [0.717, 1.165) is 6.54 Å². The zero-order valence-electron chi connectivity index (χ0n) is 10.5. The molecule has 2 nitrogen and oxygen atoms in total. The third-order valence-corrected chi connectivity index (χ3v) is 4.99. The van der Waals surface area contributed by atoms with Crippen molar-refractivity contribution in [3.63, 3.8) is 0 Å². The van der Waals surface area contributed by atoms with Gasteiger partial charge < -0.3 is 10.4 Å². The van der Waals surface area contributed by atoms with Crippen LogP contribution in [0.3, 0.4) is 0 Å². The maximum absolute atomic E-state index is 9.81. The summed E-state index contributed by atoms with van der Waals surface area (Å²) in [5.41, 5.74) is 1.43. The van der Waals surface area contributed by atoms with E-state index in [-0.39, 0.29) is 6.10 Å². The normalized spacial score (nSPS) is 28.8. The Morgan fingerprint density at radius 3 is 2.67 bits per heavy atom. The number of hydrogen-bond donors (Lipinski definition) is 2. The second-order valence-corrected chi connectivity index (χ2v) is 6.55. The van der Waals surface area contributed by atoms with Crippen LogP contribution in [0.1, 0.15) is 37.2 Å². The van der Waals surface area contributed by atoms with Crippen molar-refractivity contribution < 1.29 is 5.11 Å². The predicted molar refractivity (Wildman–Crippen MR) is 76.6 cm³/mol. The minimum atomic E-state index is -0.118. The highest BCUT2D eigenvalue weighted by atomic mass is 79.9. The Balaban J connectivity index is 1.44. The quantitative estimate of drug-likeness (QED) is 0.876. The molecule has 0 radical (unpaired) electrons. The van der Waals surface area contributed by atoms with Gasteiger partial charge in [-0.15, -0.1) is 0 Å². The Kier molecular flexibility index (Phi) is 3.73. The molecule has 0 amide bonds. The highest BCUT2D eigenvalue weighted by molar-refractivity contribution is 9.10. The molecule has 2 fully saturated rings. The second kappa shape index (κ2) is 5.32. The van der Waals surface area contributed by atoms with Crippen LogP contribution in [0, 0.1) is 5.92 Å². The number of nitrogens with one attached hydrogen (secondary N) is 1. The van der Waals surface area contributed by atoms with Crippen LogP contribution in [0.5, 0.6) is 0 Å². The summed E-state index contributed by atoms with van der Waals surface area (Å²) >= 11 is 3.62. The largest absolute Gasteiger partial charge is 0.392 e. The number of rotatable bonds is 5. The predicted octanol–water partition coefficient (Wildman–Crippen LogP) is 3.06. The van der Waals surface area contributed by atoms with E-state index in [1.54, 1.807) is 0 Å². The summed E-state index contributed by atoms with van der Waals surface area (Å²) in [6.07, 6.45) is 4.70. The molecule has 0 aliphatic heterocycles. The molecule has 98 valence electrons. The molecule has 2 aliphatic carbocycles. The third kappa shape index (κ3) is 2.79. The van der Waals surface area contributed by atoms with E-state index in [4.69, 9.17) is 0 Å². The molecule has 0 spiro atoms. The van der Waals surface area contributed by atoms with Gasteiger partial charge in [-0.3, -0.25) is 0 Å². The minimum absolute atomic E-state index is 0.118. The molecule has 0 saturated heterocycles. The SMILES string of the molecule is OC(CNC1CC(c2ccccc2Br)C1)C1CC1. The average Bonchev–Trinajstić information content (AvgIpc) is 3.12. The zero-order chi connectivity index (χ0) is 12.5. The van der Waals surface area contributed by atoms with Gasteiger partial charge in [0.25, 0.3) is 0 Å². The monoisotopic (exact) mass is 309 g/mol. The van der Waals surface area contributed by atoms with Gasteiger partial charge >= 0.3 is 0 Å². The standard InChI is InChI=1S/C15H20BrNO/c16-14-4-2-1-3-13(14)11-7-12(8-11)17-9-15(18)10-5-6-10/h1-4,10-12,15,17-18H,5-9H2. The van der Waals surface area contributed by atoms with Gasteiger partial charge in [-0.1, -0.05) is 34.1 Å². The van der Waals surface area contributed by atoms with Gasteiger partial charge in [-0.2, -0.15) is 0 Å². The zero-order valence-corrected chi connectivity index (χ0v) is 12.1. The molecule has 0 aromatic heterocycles. The number of hydrogen-bond acceptors (Lipinski definition) is 2. The first kappa shape index (κ1) is 12.6. The molecule has 0 heterocycles. The Bertz CT molecular complexity index is 413. The Morgan fingerprint density at radius 1 is 1.28 bits per heavy atom. The molecule has 1 unspecified atom stereocenters. The van der Waals surface area contributed by atoms with E-state index < -0.39 is 0 Å². The minimum Gasteiger partial charge on any atom is -0.392 e. The highest BCUT2D eigenvalue weighted by Gasteiger charge is 2.33. The molecule has 3 rings (SSSR count). The van der Waals surface area contributed by atoms with Crippen molar-refractivity contribution in [3.8, 4) is 0 Å². The van der Waals surface area contributed by atoms with Gasteiger partial charge in [0.05, 0.1) is 6.10 Å². The molecular weight excluding hydrogens is 290 g/mol. The molecule has 3 heteroatoms. The van der Waals surface area contributed by atoms with Crippen molar-refractivity contribution in [1.82, 2.24) is 5.32 Å². The van der Waals surface area contributed by atoms with Gasteiger partial charge in [-0.25, -0.2) is 0 Å². The van der Waals surface area contributed by atoms with Gasteiger partial charge in [0.2, 0.25) is 0 Å². The van der Waals surface area contributed by atoms with Gasteiger partial charge in [0.1, 0.15) is 0 Å². The fraction of sp³-hybridized carbons (Fsp3) is 0.600. The van der Waals surface area contributed by atoms with Crippen LogP contribution in [-0.2, 0) is 0 Å². The number of aliphatic hydroxyl groups excluding tert-OH is 1. The van der Waals surface area contributed by atoms with Crippen LogP contribution < -0.4 is 5.32 Å². The van der Waals surface area contributed by atoms with Crippen molar-refractivity contribution in [2.45, 2.75) is 43.7 Å². The fourth-order valence-electron chi connectivity index (χ4n) is 2.78.